The van der Waals surface area contributed by atoms with E-state index in [4.69, 9.17) is 0 Å². The molecule has 2 nitrogen and oxygen atoms in total. The molecule has 0 N–H and O–H groups in total. The highest BCUT2D eigenvalue weighted by atomic mass is 15.2. The van der Waals surface area contributed by atoms with Gasteiger partial charge in [0, 0.05) is 44.1 Å². The maximum absolute atomic E-state index is 4.28. The summed E-state index contributed by atoms with van der Waals surface area (Å²) >= 11 is 0. The molecule has 6 aromatic rings. The van der Waals surface area contributed by atoms with Crippen LogP contribution >= 0.6 is 0 Å². The van der Waals surface area contributed by atoms with Crippen LogP contribution in [0, 0.1) is 0 Å². The van der Waals surface area contributed by atoms with Crippen molar-refractivity contribution in [3.05, 3.63) is 183 Å². The van der Waals surface area contributed by atoms with Crippen molar-refractivity contribution in [1.29, 1.82) is 0 Å². The van der Waals surface area contributed by atoms with E-state index in [1.165, 1.54) is 59.8 Å². The highest BCUT2D eigenvalue weighted by Crippen LogP contribution is 2.55. The third-order valence-electron chi connectivity index (χ3n) is 9.82. The maximum atomic E-state index is 4.28. The van der Waals surface area contributed by atoms with E-state index >= 15 is 0 Å². The lowest BCUT2D eigenvalue weighted by atomic mass is 9.81. The van der Waals surface area contributed by atoms with Crippen molar-refractivity contribution >= 4 is 65.7 Å². The van der Waals surface area contributed by atoms with Gasteiger partial charge in [0.2, 0.25) is 0 Å². The number of allylic oxidation sites excluding steroid dienone is 11. The predicted molar refractivity (Wildman–Crippen MR) is 211 cm³/mol. The van der Waals surface area contributed by atoms with Gasteiger partial charge >= 0.3 is 0 Å². The molecule has 0 atom stereocenters. The number of para-hydroxylation sites is 1. The molecular weight excluding hydrogens is 581 g/mol. The van der Waals surface area contributed by atoms with E-state index in [1.807, 2.05) is 36.5 Å². The number of nitrogens with zero attached hydrogens (tertiary/aromatic N) is 2. The first-order chi connectivity index (χ1) is 23.6. The molecule has 2 heterocycles. The fourth-order valence-electron chi connectivity index (χ4n) is 8.01. The van der Waals surface area contributed by atoms with Gasteiger partial charge in [-0.1, -0.05) is 117 Å². The zero-order valence-electron chi connectivity index (χ0n) is 27.4. The van der Waals surface area contributed by atoms with Gasteiger partial charge in [-0.2, -0.15) is 0 Å². The average Bonchev–Trinajstić information content (AvgIpc) is 3.13. The number of benzene rings is 6. The van der Waals surface area contributed by atoms with Crippen LogP contribution in [0.2, 0.25) is 0 Å². The third kappa shape index (κ3) is 3.87. The Kier molecular flexibility index (Phi) is 6.89. The Morgan fingerprint density at radius 2 is 1.21 bits per heavy atom. The van der Waals surface area contributed by atoms with E-state index in [-0.39, 0.29) is 0 Å². The topological polar surface area (TPSA) is 6.48 Å². The Balaban J connectivity index is 1.54. The molecule has 48 heavy (non-hydrogen) atoms. The first-order valence-electron chi connectivity index (χ1n) is 16.4. The van der Waals surface area contributed by atoms with Crippen molar-refractivity contribution in [2.75, 3.05) is 9.80 Å². The molecule has 0 radical (unpaired) electrons. The van der Waals surface area contributed by atoms with Gasteiger partial charge in [0.25, 0.3) is 0 Å². The largest absolute Gasteiger partial charge is 0.310 e. The molecule has 2 heteroatoms. The van der Waals surface area contributed by atoms with E-state index in [0.717, 1.165) is 39.7 Å². The lowest BCUT2D eigenvalue weighted by Crippen LogP contribution is -2.24. The summed E-state index contributed by atoms with van der Waals surface area (Å²) in [6.07, 6.45) is 20.2. The van der Waals surface area contributed by atoms with Gasteiger partial charge in [-0.05, 0) is 89.0 Å². The molecule has 0 aliphatic carbocycles. The number of hydrogen-bond donors (Lipinski definition) is 0. The Labute approximate surface area is 282 Å². The quantitative estimate of drug-likeness (QED) is 0.0953. The summed E-state index contributed by atoms with van der Waals surface area (Å²) in [6.45, 7) is 20.5. The summed E-state index contributed by atoms with van der Waals surface area (Å²) in [4.78, 5) is 4.67. The Morgan fingerprint density at radius 1 is 0.583 bits per heavy atom. The zero-order chi connectivity index (χ0) is 33.1. The highest BCUT2D eigenvalue weighted by Gasteiger charge is 2.31. The van der Waals surface area contributed by atoms with E-state index < -0.39 is 0 Å². The van der Waals surface area contributed by atoms with Crippen molar-refractivity contribution in [3.8, 4) is 11.1 Å². The molecule has 2 aliphatic heterocycles. The van der Waals surface area contributed by atoms with Crippen LogP contribution in [0.15, 0.2) is 177 Å². The average molecular weight is 617 g/mol. The van der Waals surface area contributed by atoms with E-state index in [2.05, 4.69) is 147 Å². The molecule has 0 aromatic heterocycles. The number of fused-ring (bicyclic) bond motifs is 4. The Bertz CT molecular complexity index is 2530. The maximum Gasteiger partial charge on any atom is 0.0547 e. The van der Waals surface area contributed by atoms with Gasteiger partial charge < -0.3 is 9.80 Å². The second-order valence-corrected chi connectivity index (χ2v) is 12.1. The molecule has 0 saturated heterocycles. The molecule has 6 aromatic carbocycles. The minimum absolute atomic E-state index is 0.991. The molecular formula is C46H36N2. The highest BCUT2D eigenvalue weighted by molar-refractivity contribution is 6.38. The summed E-state index contributed by atoms with van der Waals surface area (Å²) < 4.78 is 0. The van der Waals surface area contributed by atoms with Gasteiger partial charge in [0.05, 0.1) is 22.8 Å². The summed E-state index contributed by atoms with van der Waals surface area (Å²) in [5.41, 5.74) is 11.4. The molecule has 230 valence electrons. The lowest BCUT2D eigenvalue weighted by Gasteiger charge is -2.36. The van der Waals surface area contributed by atoms with Crippen molar-refractivity contribution < 1.29 is 0 Å². The van der Waals surface area contributed by atoms with Crippen molar-refractivity contribution in [2.24, 2.45) is 0 Å². The lowest BCUT2D eigenvalue weighted by molar-refractivity contribution is 1.14. The fourth-order valence-corrected chi connectivity index (χ4v) is 8.01. The van der Waals surface area contributed by atoms with Gasteiger partial charge in [-0.25, -0.2) is 0 Å². The van der Waals surface area contributed by atoms with Gasteiger partial charge in [-0.3, -0.25) is 0 Å². The smallest absolute Gasteiger partial charge is 0.0547 e. The Morgan fingerprint density at radius 3 is 1.81 bits per heavy atom. The van der Waals surface area contributed by atoms with Gasteiger partial charge in [0.15, 0.2) is 0 Å². The molecule has 0 spiro atoms. The Hall–Kier alpha value is -6.12. The van der Waals surface area contributed by atoms with Crippen LogP contribution in [-0.4, -0.2) is 0 Å². The molecule has 0 fully saturated rings. The molecule has 0 amide bonds. The van der Waals surface area contributed by atoms with Gasteiger partial charge in [0.1, 0.15) is 0 Å². The standard InChI is InChI=1S/C46H36N2/c1-7-13-18-30(11-5)47-39(12-6)31(17-9-3)33-21-23-35-38-26-28-42-46-34(32-19-14-15-20-40(32)48(42)29(10-4)16-8-2)22-24-36(44(38)46)37-25-27-41(47)45(33)43(35)37/h7-28H,1-2,4,6H2,3,5H3/b17-9-,18-13-,29-16+,30-11+. The van der Waals surface area contributed by atoms with Crippen LogP contribution in [0.5, 0.6) is 0 Å². The van der Waals surface area contributed by atoms with Crippen molar-refractivity contribution in [1.82, 2.24) is 0 Å². The second-order valence-electron chi connectivity index (χ2n) is 12.1. The van der Waals surface area contributed by atoms with Crippen LogP contribution in [0.25, 0.3) is 59.8 Å². The number of hydrogen-bond acceptors (Lipinski definition) is 2. The monoisotopic (exact) mass is 616 g/mol. The van der Waals surface area contributed by atoms with Crippen molar-refractivity contribution in [3.63, 3.8) is 0 Å². The second kappa shape index (κ2) is 11.3. The number of rotatable bonds is 8. The predicted octanol–water partition coefficient (Wildman–Crippen LogP) is 13.1. The molecule has 8 rings (SSSR count). The summed E-state index contributed by atoms with van der Waals surface area (Å²) in [5, 5.41) is 10.1. The van der Waals surface area contributed by atoms with Crippen LogP contribution in [-0.2, 0) is 0 Å². The van der Waals surface area contributed by atoms with Crippen LogP contribution in [0.1, 0.15) is 19.4 Å². The molecule has 0 bridgehead atoms. The zero-order valence-corrected chi connectivity index (χ0v) is 27.4. The first-order valence-corrected chi connectivity index (χ1v) is 16.4. The van der Waals surface area contributed by atoms with E-state index in [1.54, 1.807) is 0 Å². The third-order valence-corrected chi connectivity index (χ3v) is 9.82. The van der Waals surface area contributed by atoms with Gasteiger partial charge in [-0.15, -0.1) is 0 Å². The minimum Gasteiger partial charge on any atom is -0.310 e. The normalized spacial score (nSPS) is 14.7. The van der Waals surface area contributed by atoms with Crippen LogP contribution in [0.3, 0.4) is 0 Å². The summed E-state index contributed by atoms with van der Waals surface area (Å²) in [5.74, 6) is 0. The first kappa shape index (κ1) is 29.3. The number of anilines is 3. The van der Waals surface area contributed by atoms with E-state index in [0.29, 0.717) is 0 Å². The molecule has 0 saturated carbocycles. The van der Waals surface area contributed by atoms with E-state index in [9.17, 15) is 0 Å². The molecule has 2 aliphatic rings. The van der Waals surface area contributed by atoms with Crippen molar-refractivity contribution in [2.45, 2.75) is 13.8 Å². The summed E-state index contributed by atoms with van der Waals surface area (Å²) in [7, 11) is 0. The SMILES string of the molecule is C=C/C=C\C(=C/C)N1C(C=C)=C(/C=C\C)c2ccc3c4ccc5c6c(ccc(c7ccc1c2c73)c64)-c1ccccc1N5/C(C=C)=C/C=C. The summed E-state index contributed by atoms with van der Waals surface area (Å²) in [6, 6.07) is 27.1. The van der Waals surface area contributed by atoms with Crippen LogP contribution < -0.4 is 9.80 Å². The van der Waals surface area contributed by atoms with Crippen LogP contribution in [0.4, 0.5) is 17.1 Å². The minimum atomic E-state index is 0.991. The molecule has 0 unspecified atom stereocenters. The fraction of sp³-hybridized carbons (Fsp3) is 0.0435.